The third-order valence-corrected chi connectivity index (χ3v) is 6.06. The van der Waals surface area contributed by atoms with Gasteiger partial charge in [0, 0.05) is 22.5 Å². The smallest absolute Gasteiger partial charge is 0.297 e. The van der Waals surface area contributed by atoms with Crippen LogP contribution in [-0.4, -0.2) is 24.8 Å². The minimum Gasteiger partial charge on any atom is -0.448 e. The van der Waals surface area contributed by atoms with Gasteiger partial charge < -0.3 is 9.73 Å². The van der Waals surface area contributed by atoms with Crippen molar-refractivity contribution < 1.29 is 13.6 Å². The van der Waals surface area contributed by atoms with E-state index in [2.05, 4.69) is 15.3 Å². The Bertz CT molecular complexity index is 1730. The Labute approximate surface area is 188 Å². The van der Waals surface area contributed by atoms with Crippen molar-refractivity contribution in [1.82, 2.24) is 18.9 Å². The van der Waals surface area contributed by atoms with Crippen LogP contribution in [-0.2, 0) is 11.3 Å². The maximum Gasteiger partial charge on any atom is 0.297 e. The number of nitrogens with zero attached hydrogens (tertiary/aromatic N) is 4. The van der Waals surface area contributed by atoms with Crippen molar-refractivity contribution in [2.45, 2.75) is 6.54 Å². The Morgan fingerprint density at radius 2 is 1.97 bits per heavy atom. The quantitative estimate of drug-likeness (QED) is 0.424. The van der Waals surface area contributed by atoms with Crippen molar-refractivity contribution in [3.63, 3.8) is 0 Å². The first-order chi connectivity index (χ1) is 16.1. The van der Waals surface area contributed by atoms with E-state index in [4.69, 9.17) is 4.42 Å². The van der Waals surface area contributed by atoms with E-state index in [1.54, 1.807) is 28.8 Å². The van der Waals surface area contributed by atoms with Gasteiger partial charge in [0.15, 0.2) is 4.96 Å². The summed E-state index contributed by atoms with van der Waals surface area (Å²) in [6.45, 7) is -0.265. The van der Waals surface area contributed by atoms with Gasteiger partial charge in [-0.05, 0) is 36.4 Å². The van der Waals surface area contributed by atoms with Gasteiger partial charge in [-0.3, -0.25) is 18.6 Å². The molecule has 162 valence electrons. The fourth-order valence-electron chi connectivity index (χ4n) is 3.77. The molecule has 0 bridgehead atoms. The summed E-state index contributed by atoms with van der Waals surface area (Å²) in [6.07, 6.45) is 3.12. The highest BCUT2D eigenvalue weighted by molar-refractivity contribution is 7.15. The lowest BCUT2D eigenvalue weighted by atomic mass is 10.1. The SMILES string of the molecule is O=C(Cn1cnc2c(oc3ccccc32)c1=O)Nc1c(-c2ccc(F)cc2)nc2sccn12. The zero-order valence-electron chi connectivity index (χ0n) is 16.9. The molecule has 4 heterocycles. The number of thiazole rings is 1. The molecule has 0 aliphatic carbocycles. The largest absolute Gasteiger partial charge is 0.448 e. The molecular formula is C23H14FN5O3S. The molecule has 0 atom stereocenters. The van der Waals surface area contributed by atoms with E-state index >= 15 is 0 Å². The molecule has 1 N–H and O–H groups in total. The van der Waals surface area contributed by atoms with Crippen molar-refractivity contribution in [3.8, 4) is 11.3 Å². The van der Waals surface area contributed by atoms with Crippen molar-refractivity contribution in [2.75, 3.05) is 5.32 Å². The number of fused-ring (bicyclic) bond motifs is 4. The molecule has 33 heavy (non-hydrogen) atoms. The first-order valence-corrected chi connectivity index (χ1v) is 10.8. The number of para-hydroxylation sites is 1. The molecule has 10 heteroatoms. The number of amides is 1. The van der Waals surface area contributed by atoms with E-state index in [0.717, 1.165) is 5.39 Å². The summed E-state index contributed by atoms with van der Waals surface area (Å²) in [5.74, 6) is -0.363. The summed E-state index contributed by atoms with van der Waals surface area (Å²) < 4.78 is 22.0. The number of hydrogen-bond acceptors (Lipinski definition) is 6. The zero-order chi connectivity index (χ0) is 22.5. The fraction of sp³-hybridized carbons (Fsp3) is 0.0435. The van der Waals surface area contributed by atoms with Crippen LogP contribution < -0.4 is 10.9 Å². The van der Waals surface area contributed by atoms with Crippen LogP contribution >= 0.6 is 11.3 Å². The first kappa shape index (κ1) is 19.4. The van der Waals surface area contributed by atoms with Crippen LogP contribution in [0.3, 0.4) is 0 Å². The molecule has 0 aliphatic heterocycles. The lowest BCUT2D eigenvalue weighted by Crippen LogP contribution is -2.28. The van der Waals surface area contributed by atoms with Crippen molar-refractivity contribution in [3.05, 3.63) is 82.6 Å². The molecule has 4 aromatic heterocycles. The fourth-order valence-corrected chi connectivity index (χ4v) is 4.48. The number of furan rings is 1. The molecule has 0 spiro atoms. The predicted molar refractivity (Wildman–Crippen MR) is 123 cm³/mol. The number of benzene rings is 2. The number of imidazole rings is 1. The maximum atomic E-state index is 13.4. The summed E-state index contributed by atoms with van der Waals surface area (Å²) in [7, 11) is 0. The molecule has 0 unspecified atom stereocenters. The summed E-state index contributed by atoms with van der Waals surface area (Å²) in [6, 6.07) is 13.1. The van der Waals surface area contributed by atoms with Gasteiger partial charge in [0.1, 0.15) is 35.0 Å². The van der Waals surface area contributed by atoms with Crippen LogP contribution in [0.2, 0.25) is 0 Å². The number of anilines is 1. The van der Waals surface area contributed by atoms with Gasteiger partial charge in [0.25, 0.3) is 5.56 Å². The molecule has 0 aliphatic rings. The maximum absolute atomic E-state index is 13.4. The number of nitrogens with one attached hydrogen (secondary N) is 1. The standard InChI is InChI=1S/C23H14FN5O3S/c24-14-7-5-13(6-8-14)18-21(29-9-10-33-23(29)27-18)26-17(30)11-28-12-25-19-15-3-1-2-4-16(15)32-20(19)22(28)31/h1-10,12H,11H2,(H,26,30). The normalized spacial score (nSPS) is 11.5. The molecule has 6 aromatic rings. The topological polar surface area (TPSA) is 94.4 Å². The van der Waals surface area contributed by atoms with Crippen molar-refractivity contribution >= 4 is 50.1 Å². The number of carbonyl (C=O) groups is 1. The molecule has 2 aromatic carbocycles. The summed E-state index contributed by atoms with van der Waals surface area (Å²) in [5.41, 5.74) is 1.84. The number of hydrogen-bond donors (Lipinski definition) is 1. The van der Waals surface area contributed by atoms with Crippen molar-refractivity contribution in [1.29, 1.82) is 0 Å². The Morgan fingerprint density at radius 1 is 1.15 bits per heavy atom. The molecule has 0 saturated heterocycles. The van der Waals surface area contributed by atoms with Crippen LogP contribution in [0.25, 0.3) is 38.3 Å². The Morgan fingerprint density at radius 3 is 2.82 bits per heavy atom. The first-order valence-electron chi connectivity index (χ1n) is 9.96. The third-order valence-electron chi connectivity index (χ3n) is 5.30. The second kappa shape index (κ2) is 7.38. The zero-order valence-corrected chi connectivity index (χ0v) is 17.7. The highest BCUT2D eigenvalue weighted by atomic mass is 32.1. The third kappa shape index (κ3) is 3.19. The summed E-state index contributed by atoms with van der Waals surface area (Å²) in [4.78, 5) is 35.4. The molecule has 1 amide bonds. The summed E-state index contributed by atoms with van der Waals surface area (Å²) >= 11 is 1.41. The van der Waals surface area contributed by atoms with Gasteiger partial charge in [-0.2, -0.15) is 0 Å². The molecule has 8 nitrogen and oxygen atoms in total. The van der Waals surface area contributed by atoms with Crippen LogP contribution in [0.1, 0.15) is 0 Å². The molecule has 0 radical (unpaired) electrons. The van der Waals surface area contributed by atoms with Gasteiger partial charge in [0.05, 0.1) is 6.33 Å². The van der Waals surface area contributed by atoms with Crippen LogP contribution in [0.5, 0.6) is 0 Å². The van der Waals surface area contributed by atoms with E-state index in [1.165, 1.54) is 34.4 Å². The van der Waals surface area contributed by atoms with E-state index in [0.29, 0.717) is 33.1 Å². The molecule has 0 saturated carbocycles. The monoisotopic (exact) mass is 459 g/mol. The summed E-state index contributed by atoms with van der Waals surface area (Å²) in [5, 5.41) is 5.42. The average Bonchev–Trinajstić information content (AvgIpc) is 3.51. The Balaban J connectivity index is 1.35. The lowest BCUT2D eigenvalue weighted by molar-refractivity contribution is -0.116. The Hall–Kier alpha value is -4.31. The van der Waals surface area contributed by atoms with E-state index in [1.807, 2.05) is 23.6 Å². The van der Waals surface area contributed by atoms with Crippen LogP contribution in [0.4, 0.5) is 10.2 Å². The number of halogens is 1. The van der Waals surface area contributed by atoms with Gasteiger partial charge >= 0.3 is 0 Å². The number of carbonyl (C=O) groups excluding carboxylic acids is 1. The second-order valence-electron chi connectivity index (χ2n) is 7.37. The highest BCUT2D eigenvalue weighted by Gasteiger charge is 2.19. The highest BCUT2D eigenvalue weighted by Crippen LogP contribution is 2.31. The van der Waals surface area contributed by atoms with Gasteiger partial charge in [-0.25, -0.2) is 14.4 Å². The van der Waals surface area contributed by atoms with Gasteiger partial charge in [0.2, 0.25) is 11.5 Å². The predicted octanol–water partition coefficient (Wildman–Crippen LogP) is 4.30. The minimum absolute atomic E-state index is 0.100. The number of rotatable bonds is 4. The van der Waals surface area contributed by atoms with E-state index in [-0.39, 0.29) is 17.9 Å². The van der Waals surface area contributed by atoms with Crippen LogP contribution in [0.15, 0.2) is 75.6 Å². The Kier molecular flexibility index (Phi) is 4.34. The van der Waals surface area contributed by atoms with E-state index in [9.17, 15) is 14.0 Å². The number of aromatic nitrogens is 4. The van der Waals surface area contributed by atoms with Crippen LogP contribution in [0, 0.1) is 5.82 Å². The lowest BCUT2D eigenvalue weighted by Gasteiger charge is -2.08. The van der Waals surface area contributed by atoms with Gasteiger partial charge in [-0.15, -0.1) is 11.3 Å². The van der Waals surface area contributed by atoms with Crippen molar-refractivity contribution in [2.24, 2.45) is 0 Å². The van der Waals surface area contributed by atoms with E-state index < -0.39 is 11.5 Å². The molecular weight excluding hydrogens is 445 g/mol. The molecule has 0 fully saturated rings. The minimum atomic E-state index is -0.445. The van der Waals surface area contributed by atoms with Gasteiger partial charge in [-0.1, -0.05) is 12.1 Å². The average molecular weight is 459 g/mol. The molecule has 6 rings (SSSR count). The second-order valence-corrected chi connectivity index (χ2v) is 8.25.